The number of rotatable bonds is 9. The highest BCUT2D eigenvalue weighted by molar-refractivity contribution is 7.99. The Morgan fingerprint density at radius 2 is 1.85 bits per heavy atom. The molecule has 0 radical (unpaired) electrons. The number of methoxy groups -OCH3 is 1. The molecule has 5 rings (SSSR count). The summed E-state index contributed by atoms with van der Waals surface area (Å²) in [7, 11) is 1.36. The summed E-state index contributed by atoms with van der Waals surface area (Å²) in [5.74, 6) is -1.36. The van der Waals surface area contributed by atoms with Crippen LogP contribution in [0.5, 0.6) is 5.75 Å². The molecule has 5 nitrogen and oxygen atoms in total. The third-order valence-corrected chi connectivity index (χ3v) is 8.34. The van der Waals surface area contributed by atoms with Gasteiger partial charge in [-0.25, -0.2) is 13.2 Å². The number of nitrogens with one attached hydrogen (secondary N) is 1. The lowest BCUT2D eigenvalue weighted by Crippen LogP contribution is -2.34. The molecule has 1 N–H and O–H groups in total. The first-order valence-electron chi connectivity index (χ1n) is 12.7. The van der Waals surface area contributed by atoms with Crippen LogP contribution in [0.25, 0.3) is 11.1 Å². The Bertz CT molecular complexity index is 1540. The van der Waals surface area contributed by atoms with Crippen LogP contribution in [0.4, 0.5) is 13.2 Å². The lowest BCUT2D eigenvalue weighted by Gasteiger charge is -2.21. The van der Waals surface area contributed by atoms with Gasteiger partial charge in [-0.1, -0.05) is 24.3 Å². The molecule has 39 heavy (non-hydrogen) atoms. The number of nitrogens with zero attached hydrogens (tertiary/aromatic N) is 2. The van der Waals surface area contributed by atoms with E-state index in [1.54, 1.807) is 23.8 Å². The number of ether oxygens (including phenoxy) is 1. The lowest BCUT2D eigenvalue weighted by atomic mass is 9.94. The Labute approximate surface area is 229 Å². The van der Waals surface area contributed by atoms with Crippen molar-refractivity contribution in [2.75, 3.05) is 26.0 Å². The molecule has 0 saturated carbocycles. The molecule has 0 fully saturated rings. The second kappa shape index (κ2) is 11.7. The number of hydrogen-bond donors (Lipinski definition) is 1. The molecule has 1 atom stereocenters. The fourth-order valence-corrected chi connectivity index (χ4v) is 6.42. The third-order valence-electron chi connectivity index (χ3n) is 7.08. The highest BCUT2D eigenvalue weighted by atomic mass is 32.2. The average Bonchev–Trinajstić information content (AvgIpc) is 3.36. The van der Waals surface area contributed by atoms with Crippen LogP contribution in [0.1, 0.15) is 28.3 Å². The van der Waals surface area contributed by atoms with Crippen molar-refractivity contribution in [3.05, 3.63) is 111 Å². The van der Waals surface area contributed by atoms with Crippen LogP contribution >= 0.6 is 11.8 Å². The number of hydrogen-bond acceptors (Lipinski definition) is 5. The summed E-state index contributed by atoms with van der Waals surface area (Å²) in [5, 5.41) is 4.08. The summed E-state index contributed by atoms with van der Waals surface area (Å²) in [5.41, 5.74) is 2.06. The molecule has 202 valence electrons. The van der Waals surface area contributed by atoms with Crippen LogP contribution in [0.15, 0.2) is 70.7 Å². The zero-order chi connectivity index (χ0) is 27.5. The van der Waals surface area contributed by atoms with Gasteiger partial charge in [-0.05, 0) is 60.8 Å². The molecule has 0 spiro atoms. The first-order chi connectivity index (χ1) is 18.9. The van der Waals surface area contributed by atoms with Gasteiger partial charge in [0.05, 0.1) is 23.7 Å². The summed E-state index contributed by atoms with van der Waals surface area (Å²) in [6, 6.07) is 12.1. The van der Waals surface area contributed by atoms with E-state index in [2.05, 4.69) is 10.3 Å². The van der Waals surface area contributed by atoms with E-state index in [0.717, 1.165) is 12.0 Å². The van der Waals surface area contributed by atoms with Crippen molar-refractivity contribution in [3.63, 3.8) is 0 Å². The van der Waals surface area contributed by atoms with Gasteiger partial charge in [0.1, 0.15) is 11.6 Å². The minimum atomic E-state index is -0.662. The smallest absolute Gasteiger partial charge is 0.260 e. The Morgan fingerprint density at radius 3 is 2.56 bits per heavy atom. The van der Waals surface area contributed by atoms with E-state index in [0.29, 0.717) is 35.0 Å². The first-order valence-corrected chi connectivity index (χ1v) is 13.6. The fraction of sp³-hybridized carbons (Fsp3) is 0.267. The van der Waals surface area contributed by atoms with E-state index in [1.807, 2.05) is 18.3 Å². The molecule has 0 aliphatic carbocycles. The third kappa shape index (κ3) is 5.33. The summed E-state index contributed by atoms with van der Waals surface area (Å²) >= 11 is 1.48. The molecule has 0 bridgehead atoms. The van der Waals surface area contributed by atoms with Gasteiger partial charge in [-0.15, -0.1) is 11.8 Å². The van der Waals surface area contributed by atoms with E-state index in [1.165, 1.54) is 49.2 Å². The Balaban J connectivity index is 1.57. The molecule has 2 aromatic carbocycles. The SMILES string of the molecule is COc1cccc(-c2c(C)c(Cc3c(F)cccc3F)c3n(c2=O)C(CNCCc2cccnc2)CS3)c1F. The van der Waals surface area contributed by atoms with Crippen molar-refractivity contribution < 1.29 is 17.9 Å². The minimum Gasteiger partial charge on any atom is -0.494 e. The van der Waals surface area contributed by atoms with E-state index < -0.39 is 17.5 Å². The summed E-state index contributed by atoms with van der Waals surface area (Å²) in [6.45, 7) is 2.91. The summed E-state index contributed by atoms with van der Waals surface area (Å²) in [4.78, 5) is 18.1. The minimum absolute atomic E-state index is 0.0153. The largest absolute Gasteiger partial charge is 0.494 e. The van der Waals surface area contributed by atoms with Gasteiger partial charge in [-0.3, -0.25) is 14.3 Å². The quantitative estimate of drug-likeness (QED) is 0.270. The van der Waals surface area contributed by atoms with E-state index in [4.69, 9.17) is 4.74 Å². The maximum atomic E-state index is 15.4. The van der Waals surface area contributed by atoms with Crippen molar-refractivity contribution in [1.82, 2.24) is 14.9 Å². The number of thioether (sulfide) groups is 1. The van der Waals surface area contributed by atoms with Crippen molar-refractivity contribution in [3.8, 4) is 16.9 Å². The van der Waals surface area contributed by atoms with Gasteiger partial charge in [0.25, 0.3) is 5.56 Å². The van der Waals surface area contributed by atoms with E-state index >= 15 is 4.39 Å². The molecule has 9 heteroatoms. The van der Waals surface area contributed by atoms with Crippen LogP contribution in [-0.2, 0) is 12.8 Å². The Kier molecular flexibility index (Phi) is 8.09. The fourth-order valence-electron chi connectivity index (χ4n) is 5.03. The Hall–Kier alpha value is -3.56. The molecule has 1 aliphatic rings. The normalized spacial score (nSPS) is 14.4. The van der Waals surface area contributed by atoms with Gasteiger partial charge < -0.3 is 10.1 Å². The van der Waals surface area contributed by atoms with Gasteiger partial charge in [-0.2, -0.15) is 0 Å². The van der Waals surface area contributed by atoms with E-state index in [-0.39, 0.29) is 40.5 Å². The first kappa shape index (κ1) is 27.0. The van der Waals surface area contributed by atoms with Crippen LogP contribution in [-0.4, -0.2) is 35.5 Å². The number of benzene rings is 2. The molecule has 0 amide bonds. The number of pyridine rings is 2. The second-order valence-electron chi connectivity index (χ2n) is 9.44. The van der Waals surface area contributed by atoms with Crippen molar-refractivity contribution in [1.29, 1.82) is 0 Å². The lowest BCUT2D eigenvalue weighted by molar-refractivity contribution is 0.387. The van der Waals surface area contributed by atoms with Crippen LogP contribution in [0.3, 0.4) is 0 Å². The number of aromatic nitrogens is 2. The van der Waals surface area contributed by atoms with Crippen molar-refractivity contribution in [2.45, 2.75) is 30.8 Å². The summed E-state index contributed by atoms with van der Waals surface area (Å²) < 4.78 is 51.7. The molecule has 2 aromatic heterocycles. The highest BCUT2D eigenvalue weighted by Gasteiger charge is 2.32. The molecule has 1 aliphatic heterocycles. The van der Waals surface area contributed by atoms with Crippen molar-refractivity contribution >= 4 is 11.8 Å². The van der Waals surface area contributed by atoms with Gasteiger partial charge in [0, 0.05) is 42.2 Å². The standard InChI is InChI=1S/C30H28F3N3O2S/c1-18-22(14-23-24(31)8-4-9-25(23)32)30-36(29(37)27(18)21-7-3-10-26(38-2)28(21)33)20(17-39-30)16-35-13-11-19-6-5-12-34-15-19/h3-10,12,15,20,35H,11,13-14,16-17H2,1-2H3. The molecule has 3 heterocycles. The zero-order valence-corrected chi connectivity index (χ0v) is 22.5. The molecular formula is C30H28F3N3O2S. The predicted molar refractivity (Wildman–Crippen MR) is 147 cm³/mol. The monoisotopic (exact) mass is 551 g/mol. The van der Waals surface area contributed by atoms with Crippen LogP contribution in [0.2, 0.25) is 0 Å². The number of fused-ring (bicyclic) bond motifs is 1. The van der Waals surface area contributed by atoms with Gasteiger partial charge in [0.2, 0.25) is 0 Å². The van der Waals surface area contributed by atoms with Crippen LogP contribution in [0, 0.1) is 24.4 Å². The number of halogens is 3. The topological polar surface area (TPSA) is 56.1 Å². The molecule has 1 unspecified atom stereocenters. The zero-order valence-electron chi connectivity index (χ0n) is 21.6. The molecular weight excluding hydrogens is 523 g/mol. The predicted octanol–water partition coefficient (Wildman–Crippen LogP) is 5.71. The average molecular weight is 552 g/mol. The Morgan fingerprint density at radius 1 is 1.08 bits per heavy atom. The van der Waals surface area contributed by atoms with Crippen LogP contribution < -0.4 is 15.6 Å². The van der Waals surface area contributed by atoms with Crippen molar-refractivity contribution in [2.24, 2.45) is 0 Å². The highest BCUT2D eigenvalue weighted by Crippen LogP contribution is 2.40. The van der Waals surface area contributed by atoms with Gasteiger partial charge in [0.15, 0.2) is 11.6 Å². The second-order valence-corrected chi connectivity index (χ2v) is 10.4. The van der Waals surface area contributed by atoms with E-state index in [9.17, 15) is 13.6 Å². The maximum absolute atomic E-state index is 15.4. The van der Waals surface area contributed by atoms with Gasteiger partial charge >= 0.3 is 0 Å². The maximum Gasteiger partial charge on any atom is 0.260 e. The molecule has 4 aromatic rings. The summed E-state index contributed by atoms with van der Waals surface area (Å²) in [6.07, 6.45) is 4.26. The molecule has 0 saturated heterocycles.